The van der Waals surface area contributed by atoms with E-state index >= 15 is 0 Å². The van der Waals surface area contributed by atoms with Crippen LogP contribution >= 0.6 is 0 Å². The third kappa shape index (κ3) is 3.11. The minimum absolute atomic E-state index is 0.142. The van der Waals surface area contributed by atoms with Crippen molar-refractivity contribution in [1.29, 1.82) is 0 Å². The van der Waals surface area contributed by atoms with Gasteiger partial charge in [0, 0.05) is 6.54 Å². The number of carboxylic acid groups (broad SMARTS) is 1. The summed E-state index contributed by atoms with van der Waals surface area (Å²) < 4.78 is 6.26. The highest BCUT2D eigenvalue weighted by molar-refractivity contribution is 5.74. The molecule has 19 heavy (non-hydrogen) atoms. The second-order valence-electron chi connectivity index (χ2n) is 6.58. The van der Waals surface area contributed by atoms with E-state index < -0.39 is 5.97 Å². The van der Waals surface area contributed by atoms with E-state index in [1.165, 1.54) is 38.5 Å². The average molecular weight is 267 g/mol. The average Bonchev–Trinajstić information content (AvgIpc) is 3.15. The van der Waals surface area contributed by atoms with Crippen LogP contribution in [0.5, 0.6) is 0 Å². The largest absolute Gasteiger partial charge is 0.480 e. The van der Waals surface area contributed by atoms with E-state index in [9.17, 15) is 9.90 Å². The van der Waals surface area contributed by atoms with E-state index in [-0.39, 0.29) is 17.7 Å². The van der Waals surface area contributed by atoms with Gasteiger partial charge in [0.1, 0.15) is 6.04 Å². The number of hydrogen-bond acceptors (Lipinski definition) is 3. The molecule has 2 N–H and O–H groups in total. The predicted molar refractivity (Wildman–Crippen MR) is 72.1 cm³/mol. The van der Waals surface area contributed by atoms with Crippen LogP contribution < -0.4 is 5.32 Å². The van der Waals surface area contributed by atoms with Crippen LogP contribution in [-0.4, -0.2) is 35.4 Å². The van der Waals surface area contributed by atoms with Crippen molar-refractivity contribution in [3.05, 3.63) is 0 Å². The van der Waals surface area contributed by atoms with Crippen molar-refractivity contribution in [2.75, 3.05) is 6.54 Å². The van der Waals surface area contributed by atoms with Gasteiger partial charge >= 0.3 is 5.97 Å². The zero-order valence-corrected chi connectivity index (χ0v) is 11.6. The van der Waals surface area contributed by atoms with Gasteiger partial charge in [-0.2, -0.15) is 0 Å². The number of carbonyl (C=O) groups is 1. The fourth-order valence-electron chi connectivity index (χ4n) is 3.75. The van der Waals surface area contributed by atoms with Gasteiger partial charge in [-0.3, -0.25) is 4.79 Å². The Morgan fingerprint density at radius 3 is 2.58 bits per heavy atom. The third-order valence-electron chi connectivity index (χ3n) is 5.03. The quantitative estimate of drug-likeness (QED) is 0.802. The maximum atomic E-state index is 11.2. The molecule has 0 aromatic carbocycles. The number of nitrogens with one attached hydrogen (secondary N) is 1. The summed E-state index contributed by atoms with van der Waals surface area (Å²) >= 11 is 0. The van der Waals surface area contributed by atoms with Crippen molar-refractivity contribution >= 4 is 5.97 Å². The SMILES string of the molecule is O=C(O)C(NCC1CCC2(CCCCC2)O1)C1CC1. The highest BCUT2D eigenvalue weighted by Crippen LogP contribution is 2.41. The van der Waals surface area contributed by atoms with E-state index in [0.29, 0.717) is 12.5 Å². The molecule has 108 valence electrons. The van der Waals surface area contributed by atoms with Crippen LogP contribution in [0.1, 0.15) is 57.8 Å². The van der Waals surface area contributed by atoms with E-state index in [0.717, 1.165) is 19.3 Å². The molecule has 3 fully saturated rings. The molecule has 0 radical (unpaired) electrons. The molecule has 1 aliphatic heterocycles. The first kappa shape index (κ1) is 13.4. The van der Waals surface area contributed by atoms with Gasteiger partial charge in [0.2, 0.25) is 0 Å². The Kier molecular flexibility index (Phi) is 3.81. The number of ether oxygens (including phenoxy) is 1. The summed E-state index contributed by atoms with van der Waals surface area (Å²) in [6.45, 7) is 0.704. The highest BCUT2D eigenvalue weighted by atomic mass is 16.5. The summed E-state index contributed by atoms with van der Waals surface area (Å²) in [7, 11) is 0. The van der Waals surface area contributed by atoms with Gasteiger partial charge < -0.3 is 15.2 Å². The van der Waals surface area contributed by atoms with E-state index in [1.54, 1.807) is 0 Å². The highest BCUT2D eigenvalue weighted by Gasteiger charge is 2.42. The minimum Gasteiger partial charge on any atom is -0.480 e. The molecule has 3 aliphatic rings. The fraction of sp³-hybridized carbons (Fsp3) is 0.933. The topological polar surface area (TPSA) is 58.6 Å². The molecule has 1 heterocycles. The molecule has 0 bridgehead atoms. The van der Waals surface area contributed by atoms with Crippen LogP contribution in [0.3, 0.4) is 0 Å². The minimum atomic E-state index is -0.701. The van der Waals surface area contributed by atoms with Crippen molar-refractivity contribution in [3.63, 3.8) is 0 Å². The van der Waals surface area contributed by atoms with E-state index in [4.69, 9.17) is 4.74 Å². The molecule has 1 spiro atoms. The van der Waals surface area contributed by atoms with Crippen LogP contribution in [0.25, 0.3) is 0 Å². The summed E-state index contributed by atoms with van der Waals surface area (Å²) in [5.41, 5.74) is 0.142. The maximum absolute atomic E-state index is 11.2. The Balaban J connectivity index is 1.47. The standard InChI is InChI=1S/C15H25NO3/c17-14(18)13(11-4-5-11)16-10-12-6-9-15(19-12)7-2-1-3-8-15/h11-13,16H,1-10H2,(H,17,18). The summed E-state index contributed by atoms with van der Waals surface area (Å²) in [5, 5.41) is 12.4. The fourth-order valence-corrected chi connectivity index (χ4v) is 3.75. The molecular weight excluding hydrogens is 242 g/mol. The number of hydrogen-bond donors (Lipinski definition) is 2. The second kappa shape index (κ2) is 5.41. The molecule has 2 aliphatic carbocycles. The molecule has 4 nitrogen and oxygen atoms in total. The third-order valence-corrected chi connectivity index (χ3v) is 5.03. The first-order chi connectivity index (χ1) is 9.19. The molecule has 0 aromatic rings. The lowest BCUT2D eigenvalue weighted by molar-refractivity contribution is -0.140. The molecule has 0 amide bonds. The van der Waals surface area contributed by atoms with Crippen LogP contribution in [-0.2, 0) is 9.53 Å². The van der Waals surface area contributed by atoms with Gasteiger partial charge in [-0.1, -0.05) is 19.3 Å². The lowest BCUT2D eigenvalue weighted by Gasteiger charge is -2.33. The van der Waals surface area contributed by atoms with Crippen molar-refractivity contribution in [1.82, 2.24) is 5.32 Å². The smallest absolute Gasteiger partial charge is 0.320 e. The van der Waals surface area contributed by atoms with Crippen LogP contribution in [0.15, 0.2) is 0 Å². The zero-order valence-electron chi connectivity index (χ0n) is 11.6. The maximum Gasteiger partial charge on any atom is 0.320 e. The van der Waals surface area contributed by atoms with Crippen LogP contribution in [0.4, 0.5) is 0 Å². The summed E-state index contributed by atoms with van der Waals surface area (Å²) in [6, 6.07) is -0.355. The molecule has 0 aromatic heterocycles. The molecule has 2 atom stereocenters. The van der Waals surface area contributed by atoms with Gasteiger partial charge in [-0.25, -0.2) is 0 Å². The Morgan fingerprint density at radius 2 is 1.95 bits per heavy atom. The molecule has 4 heteroatoms. The summed E-state index contributed by atoms with van der Waals surface area (Å²) in [5.74, 6) is -0.351. The Morgan fingerprint density at radius 1 is 1.21 bits per heavy atom. The van der Waals surface area contributed by atoms with Gasteiger partial charge in [0.15, 0.2) is 0 Å². The molecule has 2 saturated carbocycles. The monoisotopic (exact) mass is 267 g/mol. The number of aliphatic carboxylic acids is 1. The predicted octanol–water partition coefficient (Wildman–Crippen LogP) is 2.32. The Bertz CT molecular complexity index is 334. The van der Waals surface area contributed by atoms with E-state index in [2.05, 4.69) is 5.32 Å². The summed E-state index contributed by atoms with van der Waals surface area (Å²) in [4.78, 5) is 11.2. The second-order valence-corrected chi connectivity index (χ2v) is 6.58. The molecular formula is C15H25NO3. The zero-order chi connectivity index (χ0) is 13.3. The van der Waals surface area contributed by atoms with Crippen molar-refractivity contribution in [2.45, 2.75) is 75.5 Å². The van der Waals surface area contributed by atoms with Crippen LogP contribution in [0.2, 0.25) is 0 Å². The van der Waals surface area contributed by atoms with Gasteiger partial charge in [-0.15, -0.1) is 0 Å². The molecule has 1 saturated heterocycles. The molecule has 3 rings (SSSR count). The summed E-state index contributed by atoms with van der Waals surface area (Å²) in [6.07, 6.45) is 10.9. The van der Waals surface area contributed by atoms with E-state index in [1.807, 2.05) is 0 Å². The number of carboxylic acids is 1. The first-order valence-electron chi connectivity index (χ1n) is 7.83. The van der Waals surface area contributed by atoms with Crippen LogP contribution in [0, 0.1) is 5.92 Å². The van der Waals surface area contributed by atoms with Crippen molar-refractivity contribution < 1.29 is 14.6 Å². The van der Waals surface area contributed by atoms with Gasteiger partial charge in [-0.05, 0) is 44.4 Å². The number of rotatable bonds is 5. The van der Waals surface area contributed by atoms with Gasteiger partial charge in [0.25, 0.3) is 0 Å². The molecule has 2 unspecified atom stereocenters. The first-order valence-corrected chi connectivity index (χ1v) is 7.83. The Hall–Kier alpha value is -0.610. The van der Waals surface area contributed by atoms with Crippen molar-refractivity contribution in [3.8, 4) is 0 Å². The normalized spacial score (nSPS) is 31.5. The Labute approximate surface area is 114 Å². The lowest BCUT2D eigenvalue weighted by atomic mass is 9.83. The van der Waals surface area contributed by atoms with Crippen molar-refractivity contribution in [2.24, 2.45) is 5.92 Å². The lowest BCUT2D eigenvalue weighted by Crippen LogP contribution is -2.43. The van der Waals surface area contributed by atoms with Gasteiger partial charge in [0.05, 0.1) is 11.7 Å².